The fourth-order valence-corrected chi connectivity index (χ4v) is 4.65. The van der Waals surface area contributed by atoms with Gasteiger partial charge in [0.2, 0.25) is 5.12 Å². The van der Waals surface area contributed by atoms with E-state index < -0.39 is 11.9 Å². The zero-order valence-corrected chi connectivity index (χ0v) is 19.8. The zero-order valence-electron chi connectivity index (χ0n) is 19.0. The Morgan fingerprint density at radius 1 is 0.914 bits per heavy atom. The van der Waals surface area contributed by atoms with E-state index in [1.165, 1.54) is 0 Å². The molecule has 0 N–H and O–H groups in total. The predicted octanol–water partition coefficient (Wildman–Crippen LogP) is 5.91. The SMILES string of the molecule is C=COC(=O)COc1ccc(C(=O)Sc2ccc3c(c2)C(C)c2cc(OC(=O)C=C)ccc2-3)cc1. The molecule has 0 saturated heterocycles. The smallest absolute Gasteiger partial charge is 0.348 e. The topological polar surface area (TPSA) is 78.9 Å². The van der Waals surface area contributed by atoms with E-state index in [0.717, 1.165) is 51.2 Å². The van der Waals surface area contributed by atoms with Crippen molar-refractivity contribution in [2.24, 2.45) is 0 Å². The fourth-order valence-electron chi connectivity index (χ4n) is 3.86. The molecule has 0 saturated carbocycles. The van der Waals surface area contributed by atoms with Gasteiger partial charge in [-0.2, -0.15) is 0 Å². The van der Waals surface area contributed by atoms with Crippen LogP contribution < -0.4 is 9.47 Å². The molecule has 0 heterocycles. The monoisotopic (exact) mass is 486 g/mol. The molecule has 3 aromatic carbocycles. The average Bonchev–Trinajstić information content (AvgIpc) is 3.14. The molecular formula is C28H22O6S. The van der Waals surface area contributed by atoms with Gasteiger partial charge < -0.3 is 14.2 Å². The van der Waals surface area contributed by atoms with E-state index in [1.54, 1.807) is 30.3 Å². The first-order valence-electron chi connectivity index (χ1n) is 10.8. The van der Waals surface area contributed by atoms with Crippen molar-refractivity contribution in [1.29, 1.82) is 0 Å². The first-order valence-corrected chi connectivity index (χ1v) is 11.6. The summed E-state index contributed by atoms with van der Waals surface area (Å²) in [6.07, 6.45) is 2.17. The summed E-state index contributed by atoms with van der Waals surface area (Å²) >= 11 is 1.14. The average molecular weight is 487 g/mol. The van der Waals surface area contributed by atoms with Crippen LogP contribution in [0.3, 0.4) is 0 Å². The fraction of sp³-hybridized carbons (Fsp3) is 0.107. The Kier molecular flexibility index (Phi) is 7.17. The number of ether oxygens (including phenoxy) is 3. The molecule has 4 rings (SSSR count). The highest BCUT2D eigenvalue weighted by molar-refractivity contribution is 8.14. The number of hydrogen-bond donors (Lipinski definition) is 0. The van der Waals surface area contributed by atoms with E-state index in [1.807, 2.05) is 30.3 Å². The molecule has 0 radical (unpaired) electrons. The van der Waals surface area contributed by atoms with Gasteiger partial charge in [-0.1, -0.05) is 32.2 Å². The number of benzene rings is 3. The maximum absolute atomic E-state index is 12.8. The summed E-state index contributed by atoms with van der Waals surface area (Å²) in [6.45, 7) is 8.58. The zero-order chi connectivity index (χ0) is 24.9. The molecule has 0 aliphatic heterocycles. The van der Waals surface area contributed by atoms with Crippen molar-refractivity contribution >= 4 is 28.8 Å². The maximum Gasteiger partial charge on any atom is 0.348 e. The lowest BCUT2D eigenvalue weighted by atomic mass is 9.99. The molecular weight excluding hydrogens is 464 g/mol. The Morgan fingerprint density at radius 2 is 1.57 bits per heavy atom. The summed E-state index contributed by atoms with van der Waals surface area (Å²) in [5.41, 5.74) is 4.88. The Hall–Kier alpha value is -4.10. The van der Waals surface area contributed by atoms with Crippen LogP contribution in [0.4, 0.5) is 0 Å². The second kappa shape index (κ2) is 10.4. The van der Waals surface area contributed by atoms with Gasteiger partial charge in [0, 0.05) is 22.5 Å². The van der Waals surface area contributed by atoms with Crippen molar-refractivity contribution in [2.75, 3.05) is 6.61 Å². The number of fused-ring (bicyclic) bond motifs is 3. The largest absolute Gasteiger partial charge is 0.482 e. The van der Waals surface area contributed by atoms with Crippen molar-refractivity contribution in [2.45, 2.75) is 17.7 Å². The van der Waals surface area contributed by atoms with Crippen molar-refractivity contribution in [3.05, 3.63) is 103 Å². The van der Waals surface area contributed by atoms with Gasteiger partial charge in [0.25, 0.3) is 0 Å². The van der Waals surface area contributed by atoms with Gasteiger partial charge in [0.15, 0.2) is 6.61 Å². The molecule has 7 heteroatoms. The van der Waals surface area contributed by atoms with Crippen LogP contribution in [0.1, 0.15) is 34.3 Å². The van der Waals surface area contributed by atoms with Crippen LogP contribution >= 0.6 is 11.8 Å². The lowest BCUT2D eigenvalue weighted by Crippen LogP contribution is -2.12. The standard InChI is InChI=1S/C28H22O6S/c1-4-26(29)34-20-10-12-22-23-13-11-21(15-25(23)17(3)24(22)14-20)35-28(31)18-6-8-19(9-7-18)33-16-27(30)32-5-2/h4-15,17H,1-2,16H2,3H3. The Balaban J connectivity index is 1.45. The lowest BCUT2D eigenvalue weighted by molar-refractivity contribution is -0.140. The van der Waals surface area contributed by atoms with Crippen LogP contribution in [0, 0.1) is 0 Å². The van der Waals surface area contributed by atoms with Gasteiger partial charge in [-0.05, 0) is 82.5 Å². The van der Waals surface area contributed by atoms with Gasteiger partial charge in [0.05, 0.1) is 6.26 Å². The molecule has 0 bridgehead atoms. The van der Waals surface area contributed by atoms with Crippen LogP contribution in [0.25, 0.3) is 11.1 Å². The number of thioether (sulfide) groups is 1. The molecule has 6 nitrogen and oxygen atoms in total. The minimum Gasteiger partial charge on any atom is -0.482 e. The summed E-state index contributed by atoms with van der Waals surface area (Å²) in [6, 6.07) is 18.1. The summed E-state index contributed by atoms with van der Waals surface area (Å²) < 4.78 is 15.2. The number of rotatable bonds is 8. The van der Waals surface area contributed by atoms with Gasteiger partial charge in [0.1, 0.15) is 11.5 Å². The van der Waals surface area contributed by atoms with Crippen molar-refractivity contribution in [1.82, 2.24) is 0 Å². The number of carbonyl (C=O) groups excluding carboxylic acids is 3. The minimum absolute atomic E-state index is 0.0854. The molecule has 1 aliphatic carbocycles. The van der Waals surface area contributed by atoms with E-state index in [2.05, 4.69) is 24.8 Å². The molecule has 0 aromatic heterocycles. The number of carbonyl (C=O) groups is 3. The summed E-state index contributed by atoms with van der Waals surface area (Å²) in [7, 11) is 0. The van der Waals surface area contributed by atoms with Crippen molar-refractivity contribution in [3.63, 3.8) is 0 Å². The van der Waals surface area contributed by atoms with Crippen molar-refractivity contribution < 1.29 is 28.6 Å². The number of esters is 2. The number of hydrogen-bond acceptors (Lipinski definition) is 7. The van der Waals surface area contributed by atoms with E-state index in [4.69, 9.17) is 9.47 Å². The third-order valence-electron chi connectivity index (χ3n) is 5.53. The third kappa shape index (κ3) is 5.36. The molecule has 1 unspecified atom stereocenters. The molecule has 35 heavy (non-hydrogen) atoms. The summed E-state index contributed by atoms with van der Waals surface area (Å²) in [5, 5.41) is -0.107. The van der Waals surface area contributed by atoms with Crippen molar-refractivity contribution in [3.8, 4) is 22.6 Å². The minimum atomic E-state index is -0.558. The summed E-state index contributed by atoms with van der Waals surface area (Å²) in [4.78, 5) is 36.6. The first-order chi connectivity index (χ1) is 16.9. The highest BCUT2D eigenvalue weighted by Crippen LogP contribution is 2.47. The first kappa shape index (κ1) is 24.0. The molecule has 0 amide bonds. The van der Waals surface area contributed by atoms with Crippen LogP contribution in [-0.2, 0) is 14.3 Å². The lowest BCUT2D eigenvalue weighted by Gasteiger charge is -2.09. The molecule has 1 aliphatic rings. The van der Waals surface area contributed by atoms with Crippen LogP contribution in [0.5, 0.6) is 11.5 Å². The Labute approximate surface area is 207 Å². The van der Waals surface area contributed by atoms with E-state index in [0.29, 0.717) is 17.1 Å². The van der Waals surface area contributed by atoms with E-state index >= 15 is 0 Å². The van der Waals surface area contributed by atoms with E-state index in [-0.39, 0.29) is 17.6 Å². The van der Waals surface area contributed by atoms with Gasteiger partial charge in [-0.15, -0.1) is 0 Å². The second-order valence-electron chi connectivity index (χ2n) is 7.70. The second-order valence-corrected chi connectivity index (χ2v) is 8.75. The quantitative estimate of drug-likeness (QED) is 0.129. The highest BCUT2D eigenvalue weighted by atomic mass is 32.2. The van der Waals surface area contributed by atoms with E-state index in [9.17, 15) is 14.4 Å². The molecule has 0 spiro atoms. The van der Waals surface area contributed by atoms with Gasteiger partial charge >= 0.3 is 11.9 Å². The van der Waals surface area contributed by atoms with Gasteiger partial charge in [-0.3, -0.25) is 4.79 Å². The maximum atomic E-state index is 12.8. The molecule has 3 aromatic rings. The van der Waals surface area contributed by atoms with Crippen LogP contribution in [-0.4, -0.2) is 23.7 Å². The molecule has 176 valence electrons. The molecule has 0 fully saturated rings. The Bertz CT molecular complexity index is 1330. The third-order valence-corrected chi connectivity index (χ3v) is 6.44. The summed E-state index contributed by atoms with van der Waals surface area (Å²) in [5.74, 6) is -0.0435. The molecule has 1 atom stereocenters. The predicted molar refractivity (Wildman–Crippen MR) is 134 cm³/mol. The van der Waals surface area contributed by atoms with Crippen LogP contribution in [0.15, 0.2) is 91.1 Å². The highest BCUT2D eigenvalue weighted by Gasteiger charge is 2.26. The van der Waals surface area contributed by atoms with Gasteiger partial charge in [-0.25, -0.2) is 9.59 Å². The Morgan fingerprint density at radius 3 is 2.26 bits per heavy atom. The van der Waals surface area contributed by atoms with Crippen LogP contribution in [0.2, 0.25) is 0 Å². The normalized spacial score (nSPS) is 13.2.